The van der Waals surface area contributed by atoms with E-state index in [4.69, 9.17) is 11.2 Å². The highest BCUT2D eigenvalue weighted by Gasteiger charge is 2.44. The van der Waals surface area contributed by atoms with Crippen molar-refractivity contribution in [3.8, 4) is 12.3 Å². The lowest BCUT2D eigenvalue weighted by atomic mass is 9.89. The molecule has 0 bridgehead atoms. The van der Waals surface area contributed by atoms with Gasteiger partial charge in [0.1, 0.15) is 17.7 Å². The molecule has 0 saturated heterocycles. The molecule has 3 aromatic rings. The van der Waals surface area contributed by atoms with Gasteiger partial charge in [-0.3, -0.25) is 9.59 Å². The van der Waals surface area contributed by atoms with E-state index in [1.807, 2.05) is 77.1 Å². The maximum atomic E-state index is 14.6. The zero-order valence-corrected chi connectivity index (χ0v) is 25.9. The van der Waals surface area contributed by atoms with Crippen LogP contribution < -0.4 is 10.6 Å². The fourth-order valence-electron chi connectivity index (χ4n) is 4.79. The minimum absolute atomic E-state index is 0.299. The Labute approximate surface area is 250 Å². The smallest absolute Gasteiger partial charge is 0.408 e. The fraction of sp³-hybridized carbons (Fsp3) is 0.400. The minimum atomic E-state index is -1.09. The molecule has 3 amide bonds. The largest absolute Gasteiger partial charge is 0.444 e. The van der Waals surface area contributed by atoms with Gasteiger partial charge in [-0.1, -0.05) is 75.2 Å². The molecule has 0 spiro atoms. The van der Waals surface area contributed by atoms with E-state index in [1.165, 1.54) is 0 Å². The SMILES string of the molecule is C#Cc1ccccc1C(C(=O)Nc1ccc2ccccc2c1)N(C(=O)C(NC(=O)OC(C)(C)C)C(C)C)C(C)(C)CC. The summed E-state index contributed by atoms with van der Waals surface area (Å²) in [6.07, 6.45) is 5.73. The maximum absolute atomic E-state index is 14.6. The Hall–Kier alpha value is -4.31. The number of benzene rings is 3. The number of carbonyl (C=O) groups excluding carboxylic acids is 3. The van der Waals surface area contributed by atoms with Crippen molar-refractivity contribution in [3.63, 3.8) is 0 Å². The van der Waals surface area contributed by atoms with Crippen LogP contribution in [0.4, 0.5) is 10.5 Å². The Balaban J connectivity index is 2.15. The van der Waals surface area contributed by atoms with Crippen LogP contribution in [0.1, 0.15) is 79.0 Å². The number of anilines is 1. The Morgan fingerprint density at radius 3 is 2.14 bits per heavy atom. The van der Waals surface area contributed by atoms with Crippen LogP contribution in [0.3, 0.4) is 0 Å². The number of carbonyl (C=O) groups is 3. The van der Waals surface area contributed by atoms with Crippen LogP contribution in [0.5, 0.6) is 0 Å². The molecule has 0 heterocycles. The number of alkyl carbamates (subject to hydrolysis) is 1. The van der Waals surface area contributed by atoms with E-state index in [9.17, 15) is 14.4 Å². The average molecular weight is 570 g/mol. The van der Waals surface area contributed by atoms with Gasteiger partial charge in [0, 0.05) is 16.8 Å². The summed E-state index contributed by atoms with van der Waals surface area (Å²) < 4.78 is 5.48. The van der Waals surface area contributed by atoms with Crippen molar-refractivity contribution >= 4 is 34.4 Å². The molecule has 0 aromatic heterocycles. The second kappa shape index (κ2) is 13.1. The van der Waals surface area contributed by atoms with E-state index in [2.05, 4.69) is 16.6 Å². The third-order valence-electron chi connectivity index (χ3n) is 7.29. The van der Waals surface area contributed by atoms with E-state index >= 15 is 0 Å². The lowest BCUT2D eigenvalue weighted by Gasteiger charge is -2.45. The van der Waals surface area contributed by atoms with Crippen LogP contribution in [-0.2, 0) is 14.3 Å². The summed E-state index contributed by atoms with van der Waals surface area (Å²) in [4.78, 5) is 43.3. The molecule has 3 rings (SSSR count). The van der Waals surface area contributed by atoms with Gasteiger partial charge in [0.15, 0.2) is 0 Å². The first-order valence-corrected chi connectivity index (χ1v) is 14.4. The highest BCUT2D eigenvalue weighted by Crippen LogP contribution is 2.35. The Morgan fingerprint density at radius 2 is 1.55 bits per heavy atom. The molecule has 0 saturated carbocycles. The van der Waals surface area contributed by atoms with Crippen LogP contribution in [-0.4, -0.2) is 40.0 Å². The summed E-state index contributed by atoms with van der Waals surface area (Å²) in [5.41, 5.74) is 0.0729. The number of hydrogen-bond donors (Lipinski definition) is 2. The van der Waals surface area contributed by atoms with Gasteiger partial charge in [-0.05, 0) is 81.5 Å². The molecular formula is C35H43N3O4. The van der Waals surface area contributed by atoms with E-state index < -0.39 is 41.1 Å². The fourth-order valence-corrected chi connectivity index (χ4v) is 4.79. The van der Waals surface area contributed by atoms with Crippen LogP contribution in [0.25, 0.3) is 10.8 Å². The lowest BCUT2D eigenvalue weighted by Crippen LogP contribution is -2.60. The van der Waals surface area contributed by atoms with Gasteiger partial charge in [0.2, 0.25) is 5.91 Å². The van der Waals surface area contributed by atoms with Crippen molar-refractivity contribution in [1.29, 1.82) is 0 Å². The maximum Gasteiger partial charge on any atom is 0.408 e. The van der Waals surface area contributed by atoms with E-state index in [1.54, 1.807) is 49.9 Å². The lowest BCUT2D eigenvalue weighted by molar-refractivity contribution is -0.148. The van der Waals surface area contributed by atoms with Crippen molar-refractivity contribution in [2.75, 3.05) is 5.32 Å². The number of rotatable bonds is 9. The van der Waals surface area contributed by atoms with Crippen molar-refractivity contribution in [1.82, 2.24) is 10.2 Å². The highest BCUT2D eigenvalue weighted by molar-refractivity contribution is 6.01. The third kappa shape index (κ3) is 7.70. The average Bonchev–Trinajstić information content (AvgIpc) is 2.92. The monoisotopic (exact) mass is 569 g/mol. The number of hydrogen-bond acceptors (Lipinski definition) is 4. The van der Waals surface area contributed by atoms with Crippen LogP contribution in [0, 0.1) is 18.3 Å². The van der Waals surface area contributed by atoms with Crippen LogP contribution in [0.2, 0.25) is 0 Å². The second-order valence-electron chi connectivity index (χ2n) is 12.4. The standard InChI is InChI=1S/C35H43N3O4/c1-10-24-16-14-15-19-28(24)30(31(39)36-27-21-20-25-17-12-13-18-26(25)22-27)38(35(8,9)11-2)32(40)29(23(3)4)37-33(41)42-34(5,6)7/h1,12-23,29-30H,11H2,2-9H3,(H,36,39)(H,37,41). The van der Waals surface area contributed by atoms with Crippen LogP contribution >= 0.6 is 0 Å². The molecule has 0 aliphatic carbocycles. The molecule has 222 valence electrons. The first-order valence-electron chi connectivity index (χ1n) is 14.4. The first kappa shape index (κ1) is 32.2. The zero-order chi connectivity index (χ0) is 31.2. The predicted octanol–water partition coefficient (Wildman–Crippen LogP) is 7.07. The summed E-state index contributed by atoms with van der Waals surface area (Å²) in [6, 6.07) is 18.6. The summed E-state index contributed by atoms with van der Waals surface area (Å²) in [6.45, 7) is 14.7. The number of amides is 3. The van der Waals surface area contributed by atoms with Gasteiger partial charge in [-0.2, -0.15) is 0 Å². The van der Waals surface area contributed by atoms with E-state index in [-0.39, 0.29) is 5.92 Å². The molecule has 2 N–H and O–H groups in total. The van der Waals surface area contributed by atoms with Gasteiger partial charge >= 0.3 is 6.09 Å². The summed E-state index contributed by atoms with van der Waals surface area (Å²) in [5.74, 6) is 1.56. The molecule has 0 radical (unpaired) electrons. The van der Waals surface area contributed by atoms with Crippen molar-refractivity contribution < 1.29 is 19.1 Å². The van der Waals surface area contributed by atoms with Gasteiger partial charge in [0.05, 0.1) is 0 Å². The molecule has 42 heavy (non-hydrogen) atoms. The first-order chi connectivity index (χ1) is 19.7. The molecule has 0 aliphatic rings. The normalized spacial score (nSPS) is 13.1. The number of fused-ring (bicyclic) bond motifs is 1. The topological polar surface area (TPSA) is 87.7 Å². The Morgan fingerprint density at radius 1 is 0.929 bits per heavy atom. The van der Waals surface area contributed by atoms with Gasteiger partial charge in [0.25, 0.3) is 5.91 Å². The molecule has 0 aliphatic heterocycles. The van der Waals surface area contributed by atoms with Crippen molar-refractivity contribution in [2.24, 2.45) is 5.92 Å². The molecule has 7 nitrogen and oxygen atoms in total. The van der Waals surface area contributed by atoms with Gasteiger partial charge in [-0.15, -0.1) is 6.42 Å². The molecular weight excluding hydrogens is 526 g/mol. The number of ether oxygens (including phenoxy) is 1. The molecule has 7 heteroatoms. The summed E-state index contributed by atoms with van der Waals surface area (Å²) >= 11 is 0. The predicted molar refractivity (Wildman–Crippen MR) is 169 cm³/mol. The number of nitrogens with zero attached hydrogens (tertiary/aromatic N) is 1. The van der Waals surface area contributed by atoms with Gasteiger partial charge in [-0.25, -0.2) is 4.79 Å². The Kier molecular flexibility index (Phi) is 10.1. The van der Waals surface area contributed by atoms with Crippen molar-refractivity contribution in [2.45, 2.75) is 85.0 Å². The number of terminal acetylenes is 1. The molecule has 3 aromatic carbocycles. The quantitative estimate of drug-likeness (QED) is 0.270. The number of nitrogens with one attached hydrogen (secondary N) is 2. The summed E-state index contributed by atoms with van der Waals surface area (Å²) in [7, 11) is 0. The molecule has 0 fully saturated rings. The van der Waals surface area contributed by atoms with Crippen LogP contribution in [0.15, 0.2) is 66.7 Å². The van der Waals surface area contributed by atoms with E-state index in [0.717, 1.165) is 10.8 Å². The minimum Gasteiger partial charge on any atom is -0.444 e. The zero-order valence-electron chi connectivity index (χ0n) is 25.9. The third-order valence-corrected chi connectivity index (χ3v) is 7.29. The molecule has 2 unspecified atom stereocenters. The summed E-state index contributed by atoms with van der Waals surface area (Å²) in [5, 5.41) is 7.83. The second-order valence-corrected chi connectivity index (χ2v) is 12.4. The van der Waals surface area contributed by atoms with Crippen molar-refractivity contribution in [3.05, 3.63) is 77.9 Å². The Bertz CT molecular complexity index is 1480. The van der Waals surface area contributed by atoms with E-state index in [0.29, 0.717) is 23.2 Å². The molecule has 2 atom stereocenters. The van der Waals surface area contributed by atoms with Gasteiger partial charge < -0.3 is 20.3 Å². The highest BCUT2D eigenvalue weighted by atomic mass is 16.6.